The van der Waals surface area contributed by atoms with Gasteiger partial charge in [-0.25, -0.2) is 0 Å². The van der Waals surface area contributed by atoms with Crippen LogP contribution in [0.2, 0.25) is 0 Å². The van der Waals surface area contributed by atoms with E-state index < -0.39 is 12.6 Å². The van der Waals surface area contributed by atoms with E-state index in [2.05, 4.69) is 102 Å². The Bertz CT molecular complexity index is 1650. The van der Waals surface area contributed by atoms with Gasteiger partial charge in [-0.1, -0.05) is 83.5 Å². The highest BCUT2D eigenvalue weighted by molar-refractivity contribution is 9.10. The first-order chi connectivity index (χ1) is 22.4. The Labute approximate surface area is 287 Å². The molecule has 2 heterocycles. The molecule has 4 aromatic carbocycles. The van der Waals surface area contributed by atoms with Crippen LogP contribution in [0.1, 0.15) is 101 Å². The van der Waals surface area contributed by atoms with Crippen molar-refractivity contribution in [3.05, 3.63) is 87.4 Å². The van der Waals surface area contributed by atoms with E-state index in [0.29, 0.717) is 11.8 Å². The minimum absolute atomic E-state index is 0.0477. The zero-order valence-electron chi connectivity index (χ0n) is 28.2. The Morgan fingerprint density at radius 1 is 0.479 bits per heavy atom. The number of hydrogen-bond acceptors (Lipinski definition) is 5. The monoisotopic (exact) mass is 729 g/mol. The van der Waals surface area contributed by atoms with Crippen LogP contribution in [0.5, 0.6) is 23.0 Å². The fourth-order valence-corrected chi connectivity index (χ4v) is 6.90. The van der Waals surface area contributed by atoms with Gasteiger partial charge < -0.3 is 24.7 Å². The molecule has 0 bridgehead atoms. The van der Waals surface area contributed by atoms with Crippen molar-refractivity contribution in [3.63, 3.8) is 0 Å². The molecule has 5 nitrogen and oxygen atoms in total. The van der Waals surface area contributed by atoms with Gasteiger partial charge in [-0.3, -0.25) is 0 Å². The molecule has 0 aromatic heterocycles. The lowest BCUT2D eigenvalue weighted by Gasteiger charge is -2.19. The third-order valence-corrected chi connectivity index (χ3v) is 9.25. The molecule has 0 atom stereocenters. The van der Waals surface area contributed by atoms with Crippen molar-refractivity contribution >= 4 is 21.6 Å². The quantitative estimate of drug-likeness (QED) is 0.158. The summed E-state index contributed by atoms with van der Waals surface area (Å²) in [6.45, 7) is 16.9. The molecule has 0 fully saturated rings. The molecular formula is C38H40BrF4NO4. The van der Waals surface area contributed by atoms with E-state index in [4.69, 9.17) is 5.73 Å². The second-order valence-corrected chi connectivity index (χ2v) is 14.1. The number of alkyl halides is 4. The maximum absolute atomic E-state index is 13.2. The van der Waals surface area contributed by atoms with Gasteiger partial charge in [0.1, 0.15) is 0 Å². The summed E-state index contributed by atoms with van der Waals surface area (Å²) in [5, 5.41) is 0. The predicted octanol–water partition coefficient (Wildman–Crippen LogP) is 12.2. The highest BCUT2D eigenvalue weighted by Crippen LogP contribution is 2.46. The molecule has 0 saturated carbocycles. The Kier molecular flexibility index (Phi) is 9.72. The average Bonchev–Trinajstić information content (AvgIpc) is 3.48. The third-order valence-electron chi connectivity index (χ3n) is 8.33. The number of benzene rings is 4. The summed E-state index contributed by atoms with van der Waals surface area (Å²) in [5.41, 5.74) is 15.1. The molecular weight excluding hydrogens is 690 g/mol. The Morgan fingerprint density at radius 2 is 0.792 bits per heavy atom. The van der Waals surface area contributed by atoms with Crippen molar-refractivity contribution < 1.29 is 36.5 Å². The number of halogens is 5. The van der Waals surface area contributed by atoms with Crippen LogP contribution >= 0.6 is 15.9 Å². The van der Waals surface area contributed by atoms with Crippen molar-refractivity contribution in [1.29, 1.82) is 0 Å². The molecule has 48 heavy (non-hydrogen) atoms. The largest absolute Gasteiger partial charge is 0.586 e. The Balaban J connectivity index is 0.000000188. The summed E-state index contributed by atoms with van der Waals surface area (Å²) in [7, 11) is 0. The normalized spacial score (nSPS) is 15.4. The van der Waals surface area contributed by atoms with Crippen LogP contribution in [0.4, 0.5) is 23.2 Å². The van der Waals surface area contributed by atoms with Crippen LogP contribution < -0.4 is 24.7 Å². The summed E-state index contributed by atoms with van der Waals surface area (Å²) in [6.07, 6.45) is -7.19. The minimum Gasteiger partial charge on any atom is -0.398 e. The van der Waals surface area contributed by atoms with Gasteiger partial charge in [-0.15, -0.1) is 17.6 Å². The van der Waals surface area contributed by atoms with Crippen molar-refractivity contribution in [1.82, 2.24) is 0 Å². The zero-order valence-corrected chi connectivity index (χ0v) is 29.8. The summed E-state index contributed by atoms with van der Waals surface area (Å²) in [5.74, 6) is 1.44. The van der Waals surface area contributed by atoms with Crippen LogP contribution in [-0.4, -0.2) is 12.6 Å². The fraction of sp³-hybridized carbons (Fsp3) is 0.368. The zero-order chi connectivity index (χ0) is 35.3. The molecule has 256 valence electrons. The van der Waals surface area contributed by atoms with Crippen molar-refractivity contribution in [2.24, 2.45) is 0 Å². The second kappa shape index (κ2) is 13.2. The molecule has 6 rings (SSSR count). The van der Waals surface area contributed by atoms with E-state index in [1.165, 1.54) is 23.3 Å². The molecule has 0 unspecified atom stereocenters. The number of fused-ring (bicyclic) bond motifs is 2. The topological polar surface area (TPSA) is 62.9 Å². The van der Waals surface area contributed by atoms with Crippen LogP contribution in [0, 0.1) is 0 Å². The van der Waals surface area contributed by atoms with E-state index in [0.717, 1.165) is 43.5 Å². The average molecular weight is 731 g/mol. The lowest BCUT2D eigenvalue weighted by molar-refractivity contribution is -0.287. The lowest BCUT2D eigenvalue weighted by Crippen LogP contribution is -2.25. The van der Waals surface area contributed by atoms with Gasteiger partial charge >= 0.3 is 12.6 Å². The minimum atomic E-state index is -3.60. The molecule has 0 amide bonds. The number of nitrogens with two attached hydrogens (primary N) is 1. The molecule has 4 aromatic rings. The van der Waals surface area contributed by atoms with Gasteiger partial charge in [0.05, 0.1) is 0 Å². The molecule has 2 aliphatic heterocycles. The number of anilines is 1. The standard InChI is InChI=1S/C19H19BrF2O2.C19H21F2NO2/c1-10(2)14-7-13(8-15(11(3)4)18(14)20)12-5-6-16-17(9-12)24-19(21,22)23-16;1-10(2)14-7-13(8-15(11(3)4)18(14)22)12-5-6-16-17(9-12)24-19(20,21)23-16/h5-11H,1-4H3;5-11H,22H2,1-4H3. The number of rotatable bonds is 6. The summed E-state index contributed by atoms with van der Waals surface area (Å²) < 4.78 is 72.0. The van der Waals surface area contributed by atoms with E-state index in [1.54, 1.807) is 24.3 Å². The SMILES string of the molecule is CC(C)c1cc(-c2ccc3c(c2)OC(F)(F)O3)cc(C(C)C)c1Br.CC(C)c1cc(-c2ccc3c(c2)OC(F)(F)O3)cc(C(C)C)c1N. The fourth-order valence-electron chi connectivity index (χ4n) is 5.76. The maximum Gasteiger partial charge on any atom is 0.586 e. The summed E-state index contributed by atoms with van der Waals surface area (Å²) in [4.78, 5) is 0. The van der Waals surface area contributed by atoms with Crippen LogP contribution in [0.25, 0.3) is 22.3 Å². The molecule has 2 N–H and O–H groups in total. The van der Waals surface area contributed by atoms with Crippen molar-refractivity contribution in [2.75, 3.05) is 5.73 Å². The molecule has 0 spiro atoms. The van der Waals surface area contributed by atoms with Gasteiger partial charge in [-0.05, 0) is 117 Å². The number of hydrogen-bond donors (Lipinski definition) is 1. The van der Waals surface area contributed by atoms with E-state index >= 15 is 0 Å². The van der Waals surface area contributed by atoms with Gasteiger partial charge in [-0.2, -0.15) is 0 Å². The molecule has 2 aliphatic rings. The lowest BCUT2D eigenvalue weighted by atomic mass is 9.88. The predicted molar refractivity (Wildman–Crippen MR) is 185 cm³/mol. The Morgan fingerprint density at radius 3 is 1.12 bits per heavy atom. The first-order valence-electron chi connectivity index (χ1n) is 15.9. The van der Waals surface area contributed by atoms with Gasteiger partial charge in [0.2, 0.25) is 0 Å². The van der Waals surface area contributed by atoms with E-state index in [-0.39, 0.29) is 34.8 Å². The van der Waals surface area contributed by atoms with E-state index in [1.807, 2.05) is 12.1 Å². The van der Waals surface area contributed by atoms with Gasteiger partial charge in [0, 0.05) is 10.2 Å². The third kappa shape index (κ3) is 7.38. The first kappa shape index (κ1) is 35.4. The molecule has 0 radical (unpaired) electrons. The maximum atomic E-state index is 13.2. The number of nitrogen functional groups attached to an aromatic ring is 1. The van der Waals surface area contributed by atoms with Crippen LogP contribution in [-0.2, 0) is 0 Å². The summed E-state index contributed by atoms with van der Waals surface area (Å²) in [6, 6.07) is 18.0. The highest BCUT2D eigenvalue weighted by Gasteiger charge is 2.44. The van der Waals surface area contributed by atoms with Crippen molar-refractivity contribution in [2.45, 2.75) is 91.7 Å². The highest BCUT2D eigenvalue weighted by atomic mass is 79.9. The number of ether oxygens (including phenoxy) is 4. The summed E-state index contributed by atoms with van der Waals surface area (Å²) >= 11 is 3.71. The van der Waals surface area contributed by atoms with Crippen LogP contribution in [0.3, 0.4) is 0 Å². The Hall–Kier alpha value is -3.92. The van der Waals surface area contributed by atoms with Crippen LogP contribution in [0.15, 0.2) is 65.1 Å². The molecule has 0 saturated heterocycles. The molecule has 10 heteroatoms. The van der Waals surface area contributed by atoms with Crippen molar-refractivity contribution in [3.8, 4) is 45.3 Å². The molecule has 0 aliphatic carbocycles. The van der Waals surface area contributed by atoms with Gasteiger partial charge in [0.15, 0.2) is 23.0 Å². The first-order valence-corrected chi connectivity index (χ1v) is 16.7. The smallest absolute Gasteiger partial charge is 0.398 e. The van der Waals surface area contributed by atoms with E-state index in [9.17, 15) is 17.6 Å². The second-order valence-electron chi connectivity index (χ2n) is 13.3. The van der Waals surface area contributed by atoms with Gasteiger partial charge in [0.25, 0.3) is 0 Å².